The van der Waals surface area contributed by atoms with Gasteiger partial charge in [0.05, 0.1) is 0 Å². The van der Waals surface area contributed by atoms with E-state index in [2.05, 4.69) is 32.6 Å². The van der Waals surface area contributed by atoms with E-state index in [0.717, 1.165) is 0 Å². The number of hydrogen-bond acceptors (Lipinski definition) is 2. The summed E-state index contributed by atoms with van der Waals surface area (Å²) in [5.41, 5.74) is 6.47. The van der Waals surface area contributed by atoms with Crippen LogP contribution < -0.4 is 5.73 Å². The third-order valence-electron chi connectivity index (χ3n) is 2.95. The Morgan fingerprint density at radius 1 is 1.38 bits per heavy atom. The summed E-state index contributed by atoms with van der Waals surface area (Å²) >= 11 is 0. The zero-order chi connectivity index (χ0) is 10.1. The maximum Gasteiger partial charge on any atom is 0.0296 e. The summed E-state index contributed by atoms with van der Waals surface area (Å²) in [7, 11) is 0. The Morgan fingerprint density at radius 3 is 2.46 bits per heavy atom. The lowest BCUT2D eigenvalue weighted by molar-refractivity contribution is 0.131. The van der Waals surface area contributed by atoms with Gasteiger partial charge < -0.3 is 5.73 Å². The van der Waals surface area contributed by atoms with Crippen LogP contribution in [-0.2, 0) is 0 Å². The first kappa shape index (κ1) is 11.0. The Kier molecular flexibility index (Phi) is 3.36. The second-order valence-electron chi connectivity index (χ2n) is 5.30. The largest absolute Gasteiger partial charge is 0.326 e. The van der Waals surface area contributed by atoms with Crippen molar-refractivity contribution >= 4 is 0 Å². The molecule has 2 heteroatoms. The monoisotopic (exact) mass is 184 g/mol. The molecule has 1 aliphatic rings. The van der Waals surface area contributed by atoms with Crippen LogP contribution >= 0.6 is 0 Å². The fraction of sp³-hybridized carbons (Fsp3) is 1.00. The SMILES string of the molecule is CCCN1CCC(N)C1C(C)(C)C. The Bertz CT molecular complexity index is 158. The molecule has 1 saturated heterocycles. The van der Waals surface area contributed by atoms with E-state index in [9.17, 15) is 0 Å². The van der Waals surface area contributed by atoms with Crippen LogP contribution in [0.1, 0.15) is 40.5 Å². The molecule has 0 aromatic carbocycles. The highest BCUT2D eigenvalue weighted by atomic mass is 15.2. The molecule has 1 aliphatic heterocycles. The highest BCUT2D eigenvalue weighted by Crippen LogP contribution is 2.31. The average Bonchev–Trinajstić information content (AvgIpc) is 2.31. The van der Waals surface area contributed by atoms with Crippen LogP contribution in [0.25, 0.3) is 0 Å². The molecule has 0 amide bonds. The quantitative estimate of drug-likeness (QED) is 0.709. The molecule has 78 valence electrons. The van der Waals surface area contributed by atoms with Crippen LogP contribution in [0.4, 0.5) is 0 Å². The molecule has 0 saturated carbocycles. The van der Waals surface area contributed by atoms with Gasteiger partial charge in [-0.2, -0.15) is 0 Å². The van der Waals surface area contributed by atoms with Crippen molar-refractivity contribution in [1.82, 2.24) is 4.90 Å². The summed E-state index contributed by atoms with van der Waals surface area (Å²) in [4.78, 5) is 2.56. The minimum absolute atomic E-state index is 0.324. The lowest BCUT2D eigenvalue weighted by Crippen LogP contribution is -2.48. The lowest BCUT2D eigenvalue weighted by Gasteiger charge is -2.37. The molecule has 0 aliphatic carbocycles. The number of rotatable bonds is 2. The Morgan fingerprint density at radius 2 is 2.00 bits per heavy atom. The van der Waals surface area contributed by atoms with Gasteiger partial charge in [-0.15, -0.1) is 0 Å². The summed E-state index contributed by atoms with van der Waals surface area (Å²) in [5, 5.41) is 0. The molecular weight excluding hydrogens is 160 g/mol. The normalized spacial score (nSPS) is 31.2. The van der Waals surface area contributed by atoms with Crippen LogP contribution in [0.2, 0.25) is 0 Å². The first-order chi connectivity index (χ1) is 5.96. The summed E-state index contributed by atoms with van der Waals surface area (Å²) in [5.74, 6) is 0. The van der Waals surface area contributed by atoms with E-state index in [1.54, 1.807) is 0 Å². The van der Waals surface area contributed by atoms with Crippen molar-refractivity contribution in [2.75, 3.05) is 13.1 Å². The van der Waals surface area contributed by atoms with Gasteiger partial charge in [0.2, 0.25) is 0 Å². The fourth-order valence-electron chi connectivity index (χ4n) is 2.61. The zero-order valence-corrected chi connectivity index (χ0v) is 9.51. The average molecular weight is 184 g/mol. The van der Waals surface area contributed by atoms with Crippen molar-refractivity contribution in [2.45, 2.75) is 52.6 Å². The molecule has 0 aromatic rings. The van der Waals surface area contributed by atoms with Gasteiger partial charge in [0.25, 0.3) is 0 Å². The third-order valence-corrected chi connectivity index (χ3v) is 2.95. The van der Waals surface area contributed by atoms with E-state index in [4.69, 9.17) is 5.73 Å². The topological polar surface area (TPSA) is 29.3 Å². The lowest BCUT2D eigenvalue weighted by atomic mass is 9.83. The Balaban J connectivity index is 2.65. The van der Waals surface area contributed by atoms with Crippen molar-refractivity contribution in [2.24, 2.45) is 11.1 Å². The van der Waals surface area contributed by atoms with Gasteiger partial charge in [0.1, 0.15) is 0 Å². The number of likely N-dealkylation sites (tertiary alicyclic amines) is 1. The summed E-state index contributed by atoms with van der Waals surface area (Å²) in [6.45, 7) is 11.5. The van der Waals surface area contributed by atoms with Crippen molar-refractivity contribution in [3.63, 3.8) is 0 Å². The van der Waals surface area contributed by atoms with Gasteiger partial charge in [-0.05, 0) is 24.8 Å². The Hall–Kier alpha value is -0.0800. The molecule has 0 spiro atoms. The van der Waals surface area contributed by atoms with Crippen LogP contribution in [0.15, 0.2) is 0 Å². The molecule has 0 aromatic heterocycles. The molecule has 0 radical (unpaired) electrons. The highest BCUT2D eigenvalue weighted by Gasteiger charge is 2.38. The molecule has 2 atom stereocenters. The third kappa shape index (κ3) is 2.44. The summed E-state index contributed by atoms with van der Waals surface area (Å²) < 4.78 is 0. The van der Waals surface area contributed by atoms with E-state index in [0.29, 0.717) is 17.5 Å². The standard InChI is InChI=1S/C11H24N2/c1-5-7-13-8-6-9(12)10(13)11(2,3)4/h9-10H,5-8,12H2,1-4H3. The predicted molar refractivity (Wildman–Crippen MR) is 57.7 cm³/mol. The van der Waals surface area contributed by atoms with Gasteiger partial charge >= 0.3 is 0 Å². The first-order valence-corrected chi connectivity index (χ1v) is 5.46. The van der Waals surface area contributed by atoms with Crippen molar-refractivity contribution in [3.8, 4) is 0 Å². The summed E-state index contributed by atoms with van der Waals surface area (Å²) in [6, 6.07) is 0.957. The maximum absolute atomic E-state index is 6.14. The van der Waals surface area contributed by atoms with Crippen LogP contribution in [0.3, 0.4) is 0 Å². The molecule has 0 bridgehead atoms. The van der Waals surface area contributed by atoms with Crippen LogP contribution in [0, 0.1) is 5.41 Å². The van der Waals surface area contributed by atoms with Crippen molar-refractivity contribution in [1.29, 1.82) is 0 Å². The summed E-state index contributed by atoms with van der Waals surface area (Å²) in [6.07, 6.45) is 2.40. The van der Waals surface area contributed by atoms with Gasteiger partial charge in [0, 0.05) is 18.6 Å². The van der Waals surface area contributed by atoms with Gasteiger partial charge in [-0.25, -0.2) is 0 Å². The molecule has 1 fully saturated rings. The van der Waals surface area contributed by atoms with Gasteiger partial charge in [-0.1, -0.05) is 27.7 Å². The molecule has 1 rings (SSSR count). The minimum atomic E-state index is 0.324. The number of nitrogens with two attached hydrogens (primary N) is 1. The first-order valence-electron chi connectivity index (χ1n) is 5.46. The maximum atomic E-state index is 6.14. The smallest absolute Gasteiger partial charge is 0.0296 e. The number of hydrogen-bond donors (Lipinski definition) is 1. The second kappa shape index (κ2) is 3.97. The van der Waals surface area contributed by atoms with Crippen LogP contribution in [-0.4, -0.2) is 30.1 Å². The van der Waals surface area contributed by atoms with E-state index in [-0.39, 0.29) is 0 Å². The molecule has 2 unspecified atom stereocenters. The van der Waals surface area contributed by atoms with E-state index >= 15 is 0 Å². The van der Waals surface area contributed by atoms with Crippen LogP contribution in [0.5, 0.6) is 0 Å². The fourth-order valence-corrected chi connectivity index (χ4v) is 2.61. The van der Waals surface area contributed by atoms with E-state index < -0.39 is 0 Å². The highest BCUT2D eigenvalue weighted by molar-refractivity contribution is 4.96. The molecule has 2 nitrogen and oxygen atoms in total. The molecule has 13 heavy (non-hydrogen) atoms. The molecular formula is C11H24N2. The zero-order valence-electron chi connectivity index (χ0n) is 9.51. The Labute approximate surface area is 82.5 Å². The molecule has 2 N–H and O–H groups in total. The molecule has 1 heterocycles. The second-order valence-corrected chi connectivity index (χ2v) is 5.30. The van der Waals surface area contributed by atoms with Crippen molar-refractivity contribution in [3.05, 3.63) is 0 Å². The minimum Gasteiger partial charge on any atom is -0.326 e. The van der Waals surface area contributed by atoms with Gasteiger partial charge in [0.15, 0.2) is 0 Å². The number of nitrogens with zero attached hydrogens (tertiary/aromatic N) is 1. The van der Waals surface area contributed by atoms with E-state index in [1.807, 2.05) is 0 Å². The van der Waals surface area contributed by atoms with E-state index in [1.165, 1.54) is 25.9 Å². The predicted octanol–water partition coefficient (Wildman–Crippen LogP) is 1.84. The van der Waals surface area contributed by atoms with Gasteiger partial charge in [-0.3, -0.25) is 4.90 Å². The van der Waals surface area contributed by atoms with Crippen molar-refractivity contribution < 1.29 is 0 Å².